The molecule has 0 fully saturated rings. The minimum atomic E-state index is -0.0334. The number of rotatable bonds is 8. The predicted octanol–water partition coefficient (Wildman–Crippen LogP) is 2.36. The summed E-state index contributed by atoms with van der Waals surface area (Å²) in [6, 6.07) is 5.75. The van der Waals surface area contributed by atoms with Crippen molar-refractivity contribution in [2.75, 3.05) is 25.5 Å². The van der Waals surface area contributed by atoms with Crippen LogP contribution in [0, 0.1) is 0 Å². The maximum Gasteiger partial charge on any atom is 0.261 e. The number of thiophene rings is 1. The fourth-order valence-corrected chi connectivity index (χ4v) is 2.97. The zero-order chi connectivity index (χ0) is 16.7. The maximum atomic E-state index is 12.4. The topological polar surface area (TPSA) is 78.9 Å². The monoisotopic (exact) mass is 333 g/mol. The zero-order valence-electron chi connectivity index (χ0n) is 13.7. The Labute approximate surface area is 140 Å². The van der Waals surface area contributed by atoms with Gasteiger partial charge in [-0.05, 0) is 31.2 Å². The fourth-order valence-electron chi connectivity index (χ4n) is 2.09. The molecule has 1 amide bonds. The Morgan fingerprint density at radius 1 is 1.30 bits per heavy atom. The number of likely N-dealkylation sites (N-methyl/N-ethyl adjacent to an activating group) is 1. The molecule has 0 aliphatic heterocycles. The molecule has 124 valence electrons. The molecule has 0 bridgehead atoms. The van der Waals surface area contributed by atoms with Gasteiger partial charge in [-0.25, -0.2) is 9.97 Å². The van der Waals surface area contributed by atoms with Crippen molar-refractivity contribution in [3.63, 3.8) is 0 Å². The van der Waals surface area contributed by atoms with Gasteiger partial charge < -0.3 is 16.0 Å². The standard InChI is InChI=1S/C16H23N5OS/c1-4-11(10-18-5-2)20-15(22)14-7-6-13(23-14)12-8-9-19-16(17-3)21-12/h6-9,11,18H,4-5,10H2,1-3H3,(H,20,22)(H,17,19,21). The van der Waals surface area contributed by atoms with E-state index in [0.717, 1.165) is 30.1 Å². The van der Waals surface area contributed by atoms with Crippen LogP contribution in [0.4, 0.5) is 5.95 Å². The van der Waals surface area contributed by atoms with E-state index in [0.29, 0.717) is 10.8 Å². The number of amides is 1. The van der Waals surface area contributed by atoms with Crippen molar-refractivity contribution < 1.29 is 4.79 Å². The summed E-state index contributed by atoms with van der Waals surface area (Å²) in [5.41, 5.74) is 0.813. The minimum Gasteiger partial charge on any atom is -0.357 e. The van der Waals surface area contributed by atoms with Crippen molar-refractivity contribution in [3.8, 4) is 10.6 Å². The highest BCUT2D eigenvalue weighted by Gasteiger charge is 2.15. The molecule has 2 aromatic heterocycles. The molecular weight excluding hydrogens is 310 g/mol. The first-order valence-corrected chi connectivity index (χ1v) is 8.62. The van der Waals surface area contributed by atoms with Crippen LogP contribution in [0.15, 0.2) is 24.4 Å². The maximum absolute atomic E-state index is 12.4. The molecule has 1 unspecified atom stereocenters. The number of nitrogens with zero attached hydrogens (tertiary/aromatic N) is 2. The normalized spacial score (nSPS) is 12.0. The third-order valence-corrected chi connectivity index (χ3v) is 4.54. The van der Waals surface area contributed by atoms with Crippen molar-refractivity contribution in [1.29, 1.82) is 0 Å². The van der Waals surface area contributed by atoms with Gasteiger partial charge in [0.1, 0.15) is 0 Å². The van der Waals surface area contributed by atoms with Gasteiger partial charge >= 0.3 is 0 Å². The first-order valence-electron chi connectivity index (χ1n) is 7.80. The Bertz CT molecular complexity index is 643. The smallest absolute Gasteiger partial charge is 0.261 e. The largest absolute Gasteiger partial charge is 0.357 e. The van der Waals surface area contributed by atoms with Crippen LogP contribution in [0.2, 0.25) is 0 Å². The molecule has 3 N–H and O–H groups in total. The van der Waals surface area contributed by atoms with Gasteiger partial charge in [0.25, 0.3) is 5.91 Å². The Morgan fingerprint density at radius 2 is 2.13 bits per heavy atom. The van der Waals surface area contributed by atoms with Crippen LogP contribution >= 0.6 is 11.3 Å². The number of aromatic nitrogens is 2. The second-order valence-corrected chi connectivity index (χ2v) is 6.15. The molecule has 6 nitrogen and oxygen atoms in total. The van der Waals surface area contributed by atoms with Crippen LogP contribution in [0.3, 0.4) is 0 Å². The molecule has 7 heteroatoms. The summed E-state index contributed by atoms with van der Waals surface area (Å²) in [5.74, 6) is 0.535. The van der Waals surface area contributed by atoms with Crippen LogP contribution in [-0.4, -0.2) is 42.1 Å². The molecule has 2 heterocycles. The summed E-state index contributed by atoms with van der Waals surface area (Å²) in [5, 5.41) is 9.25. The van der Waals surface area contributed by atoms with Gasteiger partial charge in [-0.1, -0.05) is 13.8 Å². The lowest BCUT2D eigenvalue weighted by Gasteiger charge is -2.16. The van der Waals surface area contributed by atoms with Gasteiger partial charge in [0.15, 0.2) is 0 Å². The number of hydrogen-bond donors (Lipinski definition) is 3. The summed E-state index contributed by atoms with van der Waals surface area (Å²) in [6.07, 6.45) is 2.60. The van der Waals surface area contributed by atoms with Crippen molar-refractivity contribution in [2.24, 2.45) is 0 Å². The third kappa shape index (κ3) is 4.74. The highest BCUT2D eigenvalue weighted by atomic mass is 32.1. The van der Waals surface area contributed by atoms with E-state index in [1.807, 2.05) is 18.2 Å². The van der Waals surface area contributed by atoms with E-state index < -0.39 is 0 Å². The van der Waals surface area contributed by atoms with Gasteiger partial charge in [0.05, 0.1) is 15.4 Å². The van der Waals surface area contributed by atoms with Crippen LogP contribution in [-0.2, 0) is 0 Å². The third-order valence-electron chi connectivity index (χ3n) is 3.43. The van der Waals surface area contributed by atoms with E-state index in [1.165, 1.54) is 11.3 Å². The number of anilines is 1. The summed E-state index contributed by atoms with van der Waals surface area (Å²) >= 11 is 1.44. The summed E-state index contributed by atoms with van der Waals surface area (Å²) in [6.45, 7) is 5.81. The second kappa shape index (κ2) is 8.59. The molecule has 0 saturated carbocycles. The molecule has 0 saturated heterocycles. The Hall–Kier alpha value is -1.99. The van der Waals surface area contributed by atoms with E-state index in [2.05, 4.69) is 39.8 Å². The molecule has 0 aromatic carbocycles. The molecular formula is C16H23N5OS. The van der Waals surface area contributed by atoms with Gasteiger partial charge in [-0.15, -0.1) is 11.3 Å². The lowest BCUT2D eigenvalue weighted by Crippen LogP contribution is -2.41. The Kier molecular flexibility index (Phi) is 6.49. The van der Waals surface area contributed by atoms with Crippen molar-refractivity contribution >= 4 is 23.2 Å². The highest BCUT2D eigenvalue weighted by molar-refractivity contribution is 7.17. The molecule has 0 aliphatic carbocycles. The second-order valence-electron chi connectivity index (χ2n) is 5.07. The fraction of sp³-hybridized carbons (Fsp3) is 0.438. The Morgan fingerprint density at radius 3 is 2.83 bits per heavy atom. The van der Waals surface area contributed by atoms with Crippen LogP contribution < -0.4 is 16.0 Å². The lowest BCUT2D eigenvalue weighted by molar-refractivity contribution is 0.0939. The van der Waals surface area contributed by atoms with E-state index in [9.17, 15) is 4.79 Å². The molecule has 23 heavy (non-hydrogen) atoms. The van der Waals surface area contributed by atoms with Crippen molar-refractivity contribution in [3.05, 3.63) is 29.3 Å². The number of hydrogen-bond acceptors (Lipinski definition) is 6. The van der Waals surface area contributed by atoms with E-state index >= 15 is 0 Å². The van der Waals surface area contributed by atoms with Crippen LogP contribution in [0.5, 0.6) is 0 Å². The van der Waals surface area contributed by atoms with E-state index in [-0.39, 0.29) is 11.9 Å². The van der Waals surface area contributed by atoms with Crippen molar-refractivity contribution in [2.45, 2.75) is 26.3 Å². The average Bonchev–Trinajstić information content (AvgIpc) is 3.08. The molecule has 2 rings (SSSR count). The van der Waals surface area contributed by atoms with Crippen LogP contribution in [0.25, 0.3) is 10.6 Å². The SMILES string of the molecule is CCNCC(CC)NC(=O)c1ccc(-c2ccnc(NC)n2)s1. The van der Waals surface area contributed by atoms with Gasteiger partial charge in [-0.2, -0.15) is 0 Å². The summed E-state index contributed by atoms with van der Waals surface area (Å²) in [4.78, 5) is 22.5. The quantitative estimate of drug-likeness (QED) is 0.691. The average molecular weight is 333 g/mol. The van der Waals surface area contributed by atoms with E-state index in [4.69, 9.17) is 0 Å². The van der Waals surface area contributed by atoms with Gasteiger partial charge in [0.2, 0.25) is 5.95 Å². The Balaban J connectivity index is 2.07. The first kappa shape index (κ1) is 17.4. The zero-order valence-corrected chi connectivity index (χ0v) is 14.5. The lowest BCUT2D eigenvalue weighted by atomic mass is 10.2. The summed E-state index contributed by atoms with van der Waals surface area (Å²) in [7, 11) is 1.78. The molecule has 0 spiro atoms. The first-order chi connectivity index (χ1) is 11.2. The van der Waals surface area contributed by atoms with Crippen LogP contribution in [0.1, 0.15) is 29.9 Å². The summed E-state index contributed by atoms with van der Waals surface area (Å²) < 4.78 is 0. The van der Waals surface area contributed by atoms with E-state index in [1.54, 1.807) is 13.2 Å². The minimum absolute atomic E-state index is 0.0334. The number of carbonyl (C=O) groups excluding carboxylic acids is 1. The highest BCUT2D eigenvalue weighted by Crippen LogP contribution is 2.27. The molecule has 1 atom stereocenters. The van der Waals surface area contributed by atoms with Crippen molar-refractivity contribution in [1.82, 2.24) is 20.6 Å². The molecule has 2 aromatic rings. The number of nitrogens with one attached hydrogen (secondary N) is 3. The van der Waals surface area contributed by atoms with Gasteiger partial charge in [0, 0.05) is 25.8 Å². The molecule has 0 radical (unpaired) electrons. The van der Waals surface area contributed by atoms with Gasteiger partial charge in [-0.3, -0.25) is 4.79 Å². The molecule has 0 aliphatic rings. The number of carbonyl (C=O) groups is 1. The predicted molar refractivity (Wildman–Crippen MR) is 95.0 cm³/mol.